The molecule has 124 valence electrons. The summed E-state index contributed by atoms with van der Waals surface area (Å²) in [5.74, 6) is 0.744. The summed E-state index contributed by atoms with van der Waals surface area (Å²) in [6, 6.07) is 5.02. The maximum Gasteiger partial charge on any atom is 0.315 e. The van der Waals surface area contributed by atoms with E-state index in [1.807, 2.05) is 6.92 Å². The molecule has 0 saturated carbocycles. The average Bonchev–Trinajstić information content (AvgIpc) is 2.82. The number of hydrogen-bond donors (Lipinski definition) is 3. The highest BCUT2D eigenvalue weighted by Crippen LogP contribution is 2.19. The second-order valence-corrected chi connectivity index (χ2v) is 5.57. The summed E-state index contributed by atoms with van der Waals surface area (Å²) >= 11 is 0. The van der Waals surface area contributed by atoms with Crippen molar-refractivity contribution in [3.63, 3.8) is 0 Å². The Morgan fingerprint density at radius 1 is 1.30 bits per heavy atom. The zero-order chi connectivity index (χ0) is 17.0. The molecule has 1 aromatic heterocycles. The van der Waals surface area contributed by atoms with Gasteiger partial charge in [0.25, 0.3) is 0 Å². The fraction of sp³-hybridized carbons (Fsp3) is 0.375. The molecule has 23 heavy (non-hydrogen) atoms. The van der Waals surface area contributed by atoms with Crippen LogP contribution < -0.4 is 10.6 Å². The Balaban J connectivity index is 1.84. The number of carbonyl (C=O) groups is 1. The summed E-state index contributed by atoms with van der Waals surface area (Å²) in [6.07, 6.45) is 0. The number of hydrogen-bond acceptors (Lipinski definition) is 4. The van der Waals surface area contributed by atoms with Gasteiger partial charge in [0, 0.05) is 0 Å². The molecule has 1 aromatic carbocycles. The van der Waals surface area contributed by atoms with Crippen LogP contribution in [0.5, 0.6) is 0 Å². The topological polar surface area (TPSA) is 87.4 Å². The molecule has 0 fully saturated rings. The highest BCUT2D eigenvalue weighted by molar-refractivity contribution is 5.73. The zero-order valence-electron chi connectivity index (χ0n) is 13.3. The molecule has 0 saturated heterocycles. The molecule has 0 radical (unpaired) electrons. The molecule has 0 bridgehead atoms. The van der Waals surface area contributed by atoms with Gasteiger partial charge in [-0.25, -0.2) is 14.2 Å². The third-order valence-electron chi connectivity index (χ3n) is 3.53. The summed E-state index contributed by atoms with van der Waals surface area (Å²) in [4.78, 5) is 15.9. The number of benzene rings is 1. The number of nitrogens with one attached hydrogen (secondary N) is 2. The number of rotatable bonds is 5. The quantitative estimate of drug-likeness (QED) is 0.787. The number of oxazole rings is 1. The summed E-state index contributed by atoms with van der Waals surface area (Å²) in [7, 11) is 0. The van der Waals surface area contributed by atoms with E-state index < -0.39 is 11.6 Å². The van der Waals surface area contributed by atoms with Gasteiger partial charge < -0.3 is 20.2 Å². The van der Waals surface area contributed by atoms with E-state index >= 15 is 0 Å². The van der Waals surface area contributed by atoms with Gasteiger partial charge in [-0.1, -0.05) is 12.1 Å². The molecule has 2 amide bonds. The Labute approximate surface area is 133 Å². The predicted octanol–water partition coefficient (Wildman–Crippen LogP) is 2.14. The van der Waals surface area contributed by atoms with Gasteiger partial charge >= 0.3 is 6.03 Å². The molecule has 0 aliphatic carbocycles. The fourth-order valence-corrected chi connectivity index (χ4v) is 2.00. The Morgan fingerprint density at radius 2 is 1.96 bits per heavy atom. The number of halogens is 1. The van der Waals surface area contributed by atoms with Crippen molar-refractivity contribution in [3.05, 3.63) is 53.0 Å². The number of amides is 2. The smallest absolute Gasteiger partial charge is 0.315 e. The third kappa shape index (κ3) is 4.53. The third-order valence-corrected chi connectivity index (χ3v) is 3.53. The fourth-order valence-electron chi connectivity index (χ4n) is 2.00. The minimum absolute atomic E-state index is 0.0197. The second kappa shape index (κ2) is 6.78. The Hall–Kier alpha value is -2.41. The van der Waals surface area contributed by atoms with Crippen LogP contribution in [0.1, 0.15) is 29.8 Å². The second-order valence-electron chi connectivity index (χ2n) is 5.57. The van der Waals surface area contributed by atoms with E-state index in [0.717, 1.165) is 5.69 Å². The Kier molecular flexibility index (Phi) is 5.00. The molecule has 0 aliphatic heterocycles. The minimum Gasteiger partial charge on any atom is -0.444 e. The van der Waals surface area contributed by atoms with Crippen molar-refractivity contribution < 1.29 is 18.7 Å². The van der Waals surface area contributed by atoms with E-state index in [0.29, 0.717) is 17.2 Å². The highest BCUT2D eigenvalue weighted by Gasteiger charge is 2.23. The van der Waals surface area contributed by atoms with Gasteiger partial charge in [0.1, 0.15) is 17.2 Å². The highest BCUT2D eigenvalue weighted by atomic mass is 19.1. The van der Waals surface area contributed by atoms with Gasteiger partial charge in [-0.3, -0.25) is 0 Å². The van der Waals surface area contributed by atoms with E-state index in [-0.39, 0.29) is 18.9 Å². The summed E-state index contributed by atoms with van der Waals surface area (Å²) < 4.78 is 18.3. The number of nitrogens with zero attached hydrogens (tertiary/aromatic N) is 1. The van der Waals surface area contributed by atoms with Crippen molar-refractivity contribution in [2.24, 2.45) is 0 Å². The van der Waals surface area contributed by atoms with E-state index in [2.05, 4.69) is 15.6 Å². The lowest BCUT2D eigenvalue weighted by atomic mass is 9.96. The zero-order valence-corrected chi connectivity index (χ0v) is 13.3. The van der Waals surface area contributed by atoms with Crippen LogP contribution in [-0.2, 0) is 12.1 Å². The van der Waals surface area contributed by atoms with Crippen LogP contribution in [-0.4, -0.2) is 22.7 Å². The lowest BCUT2D eigenvalue weighted by Crippen LogP contribution is -2.43. The molecular weight excluding hydrogens is 301 g/mol. The molecule has 0 spiro atoms. The first-order valence-electron chi connectivity index (χ1n) is 7.21. The van der Waals surface area contributed by atoms with Crippen molar-refractivity contribution >= 4 is 6.03 Å². The van der Waals surface area contributed by atoms with Crippen molar-refractivity contribution in [2.45, 2.75) is 32.9 Å². The molecule has 2 aromatic rings. The number of urea groups is 1. The molecule has 7 heteroatoms. The monoisotopic (exact) mass is 321 g/mol. The first-order chi connectivity index (χ1) is 10.8. The summed E-state index contributed by atoms with van der Waals surface area (Å²) in [5.41, 5.74) is -0.0131. The molecular formula is C16H20FN3O3. The summed E-state index contributed by atoms with van der Waals surface area (Å²) in [5, 5.41) is 15.5. The average molecular weight is 321 g/mol. The standard InChI is InChI=1S/C16H20FN3O3/c1-10-11(2)23-14(20-10)8-18-15(21)19-9-16(3,22)12-4-6-13(17)7-5-12/h4-7,22H,8-9H2,1-3H3,(H2,18,19,21). The molecule has 1 heterocycles. The SMILES string of the molecule is Cc1nc(CNC(=O)NCC(C)(O)c2ccc(F)cc2)oc1C. The molecule has 0 aliphatic rings. The maximum absolute atomic E-state index is 12.9. The molecule has 1 atom stereocenters. The van der Waals surface area contributed by atoms with E-state index in [1.54, 1.807) is 13.8 Å². The van der Waals surface area contributed by atoms with Crippen molar-refractivity contribution in [3.8, 4) is 0 Å². The molecule has 2 rings (SSSR count). The Morgan fingerprint density at radius 3 is 2.52 bits per heavy atom. The molecule has 6 nitrogen and oxygen atoms in total. The van der Waals surface area contributed by atoms with Gasteiger partial charge in [0.2, 0.25) is 5.89 Å². The number of aromatic nitrogens is 1. The summed E-state index contributed by atoms with van der Waals surface area (Å²) in [6.45, 7) is 5.29. The van der Waals surface area contributed by atoms with E-state index in [4.69, 9.17) is 4.42 Å². The van der Waals surface area contributed by atoms with Crippen LogP contribution in [0.2, 0.25) is 0 Å². The van der Waals surface area contributed by atoms with Crippen LogP contribution in [0.25, 0.3) is 0 Å². The first kappa shape index (κ1) is 17.0. The van der Waals surface area contributed by atoms with Gasteiger partial charge in [0.05, 0.1) is 18.8 Å². The van der Waals surface area contributed by atoms with Gasteiger partial charge in [-0.15, -0.1) is 0 Å². The van der Waals surface area contributed by atoms with Crippen LogP contribution in [0.4, 0.5) is 9.18 Å². The van der Waals surface area contributed by atoms with Crippen LogP contribution in [0.15, 0.2) is 28.7 Å². The Bertz CT molecular complexity index is 661. The number of carbonyl (C=O) groups excluding carboxylic acids is 1. The van der Waals surface area contributed by atoms with Gasteiger partial charge in [0.15, 0.2) is 0 Å². The van der Waals surface area contributed by atoms with Crippen molar-refractivity contribution in [1.82, 2.24) is 15.6 Å². The number of aryl methyl sites for hydroxylation is 2. The lowest BCUT2D eigenvalue weighted by molar-refractivity contribution is 0.0593. The van der Waals surface area contributed by atoms with E-state index in [1.165, 1.54) is 24.3 Å². The largest absolute Gasteiger partial charge is 0.444 e. The predicted molar refractivity (Wildman–Crippen MR) is 82.2 cm³/mol. The minimum atomic E-state index is -1.30. The van der Waals surface area contributed by atoms with E-state index in [9.17, 15) is 14.3 Å². The van der Waals surface area contributed by atoms with Crippen molar-refractivity contribution in [2.75, 3.05) is 6.54 Å². The maximum atomic E-state index is 12.9. The molecule has 1 unspecified atom stereocenters. The van der Waals surface area contributed by atoms with Crippen molar-refractivity contribution in [1.29, 1.82) is 0 Å². The number of aliphatic hydroxyl groups is 1. The first-order valence-corrected chi connectivity index (χ1v) is 7.21. The van der Waals surface area contributed by atoms with Gasteiger partial charge in [-0.2, -0.15) is 0 Å². The van der Waals surface area contributed by atoms with Crippen LogP contribution in [0.3, 0.4) is 0 Å². The van der Waals surface area contributed by atoms with Crippen LogP contribution >= 0.6 is 0 Å². The molecule has 3 N–H and O–H groups in total. The normalized spacial score (nSPS) is 13.4. The van der Waals surface area contributed by atoms with Crippen LogP contribution in [0, 0.1) is 19.7 Å². The van der Waals surface area contributed by atoms with Gasteiger partial charge in [-0.05, 0) is 38.5 Å². The lowest BCUT2D eigenvalue weighted by Gasteiger charge is -2.24.